The maximum Gasteiger partial charge on any atom is 0.406 e. The Morgan fingerprint density at radius 3 is 2.52 bits per heavy atom. The van der Waals surface area contributed by atoms with Crippen LogP contribution in [0.25, 0.3) is 0 Å². The zero-order chi connectivity index (χ0) is 17.5. The highest BCUT2D eigenvalue weighted by Gasteiger charge is 2.32. The fourth-order valence-electron chi connectivity index (χ4n) is 2.10. The van der Waals surface area contributed by atoms with Crippen molar-refractivity contribution in [3.05, 3.63) is 36.4 Å². The molecule has 7 heteroatoms. The molecule has 1 aromatic carbocycles. The SMILES string of the molecule is C=CCN(CC(F)(F)F)C(=O)CCc1cc(OC)ccc1OC. The van der Waals surface area contributed by atoms with E-state index in [1.165, 1.54) is 20.3 Å². The number of halogens is 3. The van der Waals surface area contributed by atoms with Gasteiger partial charge in [-0.2, -0.15) is 13.2 Å². The fraction of sp³-hybridized carbons (Fsp3) is 0.438. The van der Waals surface area contributed by atoms with Crippen LogP contribution in [0.3, 0.4) is 0 Å². The number of alkyl halides is 3. The Morgan fingerprint density at radius 1 is 1.30 bits per heavy atom. The highest BCUT2D eigenvalue weighted by Crippen LogP contribution is 2.25. The standard InChI is InChI=1S/C16H20F3NO3/c1-4-9-20(11-16(17,18)19)15(21)8-5-12-10-13(22-2)6-7-14(12)23-3/h4,6-7,10H,1,5,8-9,11H2,2-3H3. The number of nitrogens with zero attached hydrogens (tertiary/aromatic N) is 1. The summed E-state index contributed by atoms with van der Waals surface area (Å²) in [6.07, 6.45) is -2.97. The molecule has 0 spiro atoms. The molecule has 0 N–H and O–H groups in total. The molecule has 0 fully saturated rings. The third-order valence-electron chi connectivity index (χ3n) is 3.17. The highest BCUT2D eigenvalue weighted by molar-refractivity contribution is 5.76. The van der Waals surface area contributed by atoms with E-state index < -0.39 is 18.6 Å². The van der Waals surface area contributed by atoms with E-state index in [0.717, 1.165) is 4.90 Å². The van der Waals surface area contributed by atoms with Crippen molar-refractivity contribution in [2.24, 2.45) is 0 Å². The molecule has 4 nitrogen and oxygen atoms in total. The summed E-state index contributed by atoms with van der Waals surface area (Å²) >= 11 is 0. The molecule has 0 saturated heterocycles. The first-order valence-corrected chi connectivity index (χ1v) is 6.97. The van der Waals surface area contributed by atoms with Crippen molar-refractivity contribution in [1.82, 2.24) is 4.90 Å². The lowest BCUT2D eigenvalue weighted by atomic mass is 10.1. The predicted molar refractivity (Wildman–Crippen MR) is 80.7 cm³/mol. The van der Waals surface area contributed by atoms with Gasteiger partial charge in [-0.3, -0.25) is 4.79 Å². The highest BCUT2D eigenvalue weighted by atomic mass is 19.4. The summed E-state index contributed by atoms with van der Waals surface area (Å²) in [6, 6.07) is 5.10. The summed E-state index contributed by atoms with van der Waals surface area (Å²) in [6.45, 7) is 1.95. The average Bonchev–Trinajstić information content (AvgIpc) is 2.50. The zero-order valence-electron chi connectivity index (χ0n) is 13.2. The Balaban J connectivity index is 2.78. The van der Waals surface area contributed by atoms with Gasteiger partial charge in [-0.05, 0) is 30.2 Å². The second-order valence-corrected chi connectivity index (χ2v) is 4.86. The first-order valence-electron chi connectivity index (χ1n) is 6.97. The molecule has 0 radical (unpaired) electrons. The van der Waals surface area contributed by atoms with Gasteiger partial charge in [-0.15, -0.1) is 6.58 Å². The lowest BCUT2D eigenvalue weighted by Gasteiger charge is -2.22. The van der Waals surface area contributed by atoms with Gasteiger partial charge < -0.3 is 14.4 Å². The topological polar surface area (TPSA) is 38.8 Å². The molecule has 0 atom stereocenters. The monoisotopic (exact) mass is 331 g/mol. The molecule has 1 aromatic rings. The van der Waals surface area contributed by atoms with Crippen LogP contribution in [-0.4, -0.2) is 44.3 Å². The van der Waals surface area contributed by atoms with Crippen molar-refractivity contribution in [3.63, 3.8) is 0 Å². The first kappa shape index (κ1) is 18.9. The van der Waals surface area contributed by atoms with E-state index in [0.29, 0.717) is 17.1 Å². The normalized spacial score (nSPS) is 11.0. The summed E-state index contributed by atoms with van der Waals surface area (Å²) in [5.74, 6) is 0.559. The van der Waals surface area contributed by atoms with Gasteiger partial charge in [0.1, 0.15) is 18.0 Å². The van der Waals surface area contributed by atoms with Gasteiger partial charge in [0.25, 0.3) is 0 Å². The van der Waals surface area contributed by atoms with E-state index in [1.54, 1.807) is 18.2 Å². The van der Waals surface area contributed by atoms with Gasteiger partial charge in [0, 0.05) is 13.0 Å². The van der Waals surface area contributed by atoms with Crippen LogP contribution in [0.5, 0.6) is 11.5 Å². The van der Waals surface area contributed by atoms with Gasteiger partial charge in [-0.1, -0.05) is 6.08 Å². The molecule has 0 unspecified atom stereocenters. The number of ether oxygens (including phenoxy) is 2. The number of rotatable bonds is 8. The van der Waals surface area contributed by atoms with E-state index in [4.69, 9.17) is 9.47 Å². The van der Waals surface area contributed by atoms with Crippen LogP contribution in [0.15, 0.2) is 30.9 Å². The molecular formula is C16H20F3NO3. The number of carbonyl (C=O) groups excluding carboxylic acids is 1. The number of hydrogen-bond acceptors (Lipinski definition) is 3. The van der Waals surface area contributed by atoms with Gasteiger partial charge in [0.2, 0.25) is 5.91 Å². The van der Waals surface area contributed by atoms with Gasteiger partial charge in [-0.25, -0.2) is 0 Å². The van der Waals surface area contributed by atoms with Crippen LogP contribution in [0.4, 0.5) is 13.2 Å². The van der Waals surface area contributed by atoms with Crippen LogP contribution in [0, 0.1) is 0 Å². The van der Waals surface area contributed by atoms with Crippen molar-refractivity contribution in [2.45, 2.75) is 19.0 Å². The minimum Gasteiger partial charge on any atom is -0.497 e. The molecular weight excluding hydrogens is 311 g/mol. The number of methoxy groups -OCH3 is 2. The van der Waals surface area contributed by atoms with Crippen LogP contribution < -0.4 is 9.47 Å². The number of carbonyl (C=O) groups is 1. The van der Waals surface area contributed by atoms with Crippen LogP contribution in [0.2, 0.25) is 0 Å². The van der Waals surface area contributed by atoms with E-state index in [1.807, 2.05) is 0 Å². The van der Waals surface area contributed by atoms with Crippen molar-refractivity contribution in [1.29, 1.82) is 0 Å². The maximum absolute atomic E-state index is 12.5. The van der Waals surface area contributed by atoms with Crippen molar-refractivity contribution >= 4 is 5.91 Å². The molecule has 0 heterocycles. The lowest BCUT2D eigenvalue weighted by Crippen LogP contribution is -2.39. The minimum absolute atomic E-state index is 0.0621. The maximum atomic E-state index is 12.5. The molecule has 0 aliphatic carbocycles. The predicted octanol–water partition coefficient (Wildman–Crippen LogP) is 3.21. The Hall–Kier alpha value is -2.18. The number of amides is 1. The molecule has 0 bridgehead atoms. The van der Waals surface area contributed by atoms with Crippen molar-refractivity contribution < 1.29 is 27.4 Å². The number of aryl methyl sites for hydroxylation is 1. The van der Waals surface area contributed by atoms with Gasteiger partial charge in [0.05, 0.1) is 14.2 Å². The molecule has 0 saturated carbocycles. The Morgan fingerprint density at radius 2 is 2.00 bits per heavy atom. The van der Waals surface area contributed by atoms with E-state index in [9.17, 15) is 18.0 Å². The van der Waals surface area contributed by atoms with Gasteiger partial charge in [0.15, 0.2) is 0 Å². The molecule has 0 aromatic heterocycles. The molecule has 23 heavy (non-hydrogen) atoms. The van der Waals surface area contributed by atoms with Gasteiger partial charge >= 0.3 is 6.18 Å². The molecule has 1 rings (SSSR count). The smallest absolute Gasteiger partial charge is 0.406 e. The lowest BCUT2D eigenvalue weighted by molar-refractivity contribution is -0.160. The zero-order valence-corrected chi connectivity index (χ0v) is 13.2. The fourth-order valence-corrected chi connectivity index (χ4v) is 2.10. The Bertz CT molecular complexity index is 544. The van der Waals surface area contributed by atoms with Crippen LogP contribution >= 0.6 is 0 Å². The molecule has 0 aliphatic heterocycles. The largest absolute Gasteiger partial charge is 0.497 e. The minimum atomic E-state index is -4.44. The summed E-state index contributed by atoms with van der Waals surface area (Å²) in [5.41, 5.74) is 0.700. The van der Waals surface area contributed by atoms with Crippen molar-refractivity contribution in [2.75, 3.05) is 27.3 Å². The Labute approximate surface area is 133 Å². The number of hydrogen-bond donors (Lipinski definition) is 0. The quantitative estimate of drug-likeness (QED) is 0.687. The van der Waals surface area contributed by atoms with E-state index >= 15 is 0 Å². The van der Waals surface area contributed by atoms with E-state index in [2.05, 4.69) is 6.58 Å². The third-order valence-corrected chi connectivity index (χ3v) is 3.17. The summed E-state index contributed by atoms with van der Waals surface area (Å²) in [4.78, 5) is 12.8. The molecule has 128 valence electrons. The third kappa shape index (κ3) is 6.22. The Kier molecular flexibility index (Phi) is 6.93. The van der Waals surface area contributed by atoms with Crippen LogP contribution in [0.1, 0.15) is 12.0 Å². The van der Waals surface area contributed by atoms with Crippen molar-refractivity contribution in [3.8, 4) is 11.5 Å². The first-order chi connectivity index (χ1) is 10.8. The summed E-state index contributed by atoms with van der Waals surface area (Å²) in [5, 5.41) is 0. The number of benzene rings is 1. The van der Waals surface area contributed by atoms with Crippen LogP contribution in [-0.2, 0) is 11.2 Å². The van der Waals surface area contributed by atoms with E-state index in [-0.39, 0.29) is 19.4 Å². The second kappa shape index (κ2) is 8.45. The second-order valence-electron chi connectivity index (χ2n) is 4.86. The average molecular weight is 331 g/mol. The molecule has 1 amide bonds. The molecule has 0 aliphatic rings. The summed E-state index contributed by atoms with van der Waals surface area (Å²) in [7, 11) is 2.99. The summed E-state index contributed by atoms with van der Waals surface area (Å²) < 4.78 is 47.8.